The van der Waals surface area contributed by atoms with Gasteiger partial charge in [0.25, 0.3) is 0 Å². The third-order valence-electron chi connectivity index (χ3n) is 4.50. The zero-order valence-electron chi connectivity index (χ0n) is 13.5. The number of anilines is 1. The Morgan fingerprint density at radius 1 is 0.920 bits per heavy atom. The molecule has 0 saturated heterocycles. The van der Waals surface area contributed by atoms with Gasteiger partial charge >= 0.3 is 0 Å². The van der Waals surface area contributed by atoms with Crippen LogP contribution in [0.5, 0.6) is 0 Å². The molecule has 1 unspecified atom stereocenters. The number of aryl methyl sites for hydroxylation is 1. The van der Waals surface area contributed by atoms with Crippen molar-refractivity contribution >= 4 is 34.7 Å². The second kappa shape index (κ2) is 6.21. The number of ketones is 1. The van der Waals surface area contributed by atoms with Crippen LogP contribution in [0.25, 0.3) is 0 Å². The van der Waals surface area contributed by atoms with E-state index in [1.165, 1.54) is 0 Å². The summed E-state index contributed by atoms with van der Waals surface area (Å²) >= 11 is 12.8. The van der Waals surface area contributed by atoms with Gasteiger partial charge in [0, 0.05) is 27.4 Å². The molecule has 2 nitrogen and oxygen atoms in total. The molecule has 1 aliphatic carbocycles. The summed E-state index contributed by atoms with van der Waals surface area (Å²) in [5.41, 5.74) is 4.91. The summed E-state index contributed by atoms with van der Waals surface area (Å²) in [6.45, 7) is 2.04. The topological polar surface area (TPSA) is 29.1 Å². The molecule has 0 radical (unpaired) electrons. The summed E-state index contributed by atoms with van der Waals surface area (Å²) in [5, 5.41) is 4.56. The average Bonchev–Trinajstić information content (AvgIpc) is 2.58. The van der Waals surface area contributed by atoms with Crippen LogP contribution < -0.4 is 5.32 Å². The van der Waals surface area contributed by atoms with E-state index < -0.39 is 0 Å². The van der Waals surface area contributed by atoms with Crippen molar-refractivity contribution in [1.29, 1.82) is 0 Å². The molecule has 0 aromatic heterocycles. The molecule has 25 heavy (non-hydrogen) atoms. The lowest BCUT2D eigenvalue weighted by atomic mass is 9.81. The Labute approximate surface area is 156 Å². The smallest absolute Gasteiger partial charge is 0.195 e. The van der Waals surface area contributed by atoms with Crippen molar-refractivity contribution < 1.29 is 4.79 Å². The summed E-state index contributed by atoms with van der Waals surface area (Å²) < 4.78 is 0. The summed E-state index contributed by atoms with van der Waals surface area (Å²) in [5.74, 6) is -0.0830. The molecule has 1 N–H and O–H groups in total. The van der Waals surface area contributed by atoms with Gasteiger partial charge in [-0.25, -0.2) is 0 Å². The minimum Gasteiger partial charge on any atom is -0.374 e. The SMILES string of the molecule is Cc1cccc(NC2c3cccc(Cl)c3C(=O)c3cccc(Cl)c32)c1. The zero-order chi connectivity index (χ0) is 17.6. The number of hydrogen-bond donors (Lipinski definition) is 1. The third kappa shape index (κ3) is 2.72. The molecule has 0 spiro atoms. The zero-order valence-corrected chi connectivity index (χ0v) is 15.0. The molecule has 4 rings (SSSR count). The van der Waals surface area contributed by atoms with Crippen LogP contribution in [0.3, 0.4) is 0 Å². The maximum absolute atomic E-state index is 13.0. The lowest BCUT2D eigenvalue weighted by Gasteiger charge is -2.30. The first-order chi connectivity index (χ1) is 12.1. The van der Waals surface area contributed by atoms with E-state index in [0.717, 1.165) is 22.4 Å². The number of fused-ring (bicyclic) bond motifs is 2. The fraction of sp³-hybridized carbons (Fsp3) is 0.0952. The quantitative estimate of drug-likeness (QED) is 0.597. The largest absolute Gasteiger partial charge is 0.374 e. The molecule has 0 heterocycles. The predicted octanol–water partition coefficient (Wildman–Crippen LogP) is 6.05. The van der Waals surface area contributed by atoms with Gasteiger partial charge in [-0.2, -0.15) is 0 Å². The van der Waals surface area contributed by atoms with Crippen LogP contribution >= 0.6 is 23.2 Å². The van der Waals surface area contributed by atoms with Crippen LogP contribution in [0.2, 0.25) is 10.0 Å². The minimum atomic E-state index is -0.239. The second-order valence-corrected chi connectivity index (χ2v) is 7.00. The Hall–Kier alpha value is -2.29. The molecular formula is C21H15Cl2NO. The lowest BCUT2D eigenvalue weighted by Crippen LogP contribution is -2.25. The van der Waals surface area contributed by atoms with Gasteiger partial charge in [0.15, 0.2) is 5.78 Å². The van der Waals surface area contributed by atoms with Gasteiger partial charge in [-0.1, -0.05) is 59.6 Å². The molecule has 3 aromatic rings. The average molecular weight is 368 g/mol. The second-order valence-electron chi connectivity index (χ2n) is 6.18. The van der Waals surface area contributed by atoms with Crippen molar-refractivity contribution in [3.63, 3.8) is 0 Å². The molecule has 124 valence electrons. The first-order valence-corrected chi connectivity index (χ1v) is 8.76. The van der Waals surface area contributed by atoms with Crippen molar-refractivity contribution in [1.82, 2.24) is 0 Å². The maximum Gasteiger partial charge on any atom is 0.195 e. The fourth-order valence-corrected chi connectivity index (χ4v) is 3.94. The number of halogens is 2. The summed E-state index contributed by atoms with van der Waals surface area (Å²) in [6, 6.07) is 18.8. The maximum atomic E-state index is 13.0. The first-order valence-electron chi connectivity index (χ1n) is 8.01. The van der Waals surface area contributed by atoms with E-state index in [1.807, 2.05) is 43.3 Å². The number of carbonyl (C=O) groups excluding carboxylic acids is 1. The molecule has 0 amide bonds. The summed E-state index contributed by atoms with van der Waals surface area (Å²) in [6.07, 6.45) is 0. The van der Waals surface area contributed by atoms with Crippen LogP contribution in [0.4, 0.5) is 5.69 Å². The molecule has 1 aliphatic rings. The molecule has 0 bridgehead atoms. The van der Waals surface area contributed by atoms with Gasteiger partial charge < -0.3 is 5.32 Å². The van der Waals surface area contributed by atoms with Gasteiger partial charge in [-0.05, 0) is 42.3 Å². The monoisotopic (exact) mass is 367 g/mol. The van der Waals surface area contributed by atoms with E-state index in [9.17, 15) is 4.79 Å². The van der Waals surface area contributed by atoms with Gasteiger partial charge in [-0.3, -0.25) is 4.79 Å². The highest BCUT2D eigenvalue weighted by Crippen LogP contribution is 2.42. The van der Waals surface area contributed by atoms with E-state index in [2.05, 4.69) is 11.4 Å². The van der Waals surface area contributed by atoms with Crippen LogP contribution in [-0.2, 0) is 0 Å². The standard InChI is InChI=1S/C21H15Cl2NO/c1-12-5-2-6-13(11-12)24-20-14-7-3-10-17(23)19(14)21(25)15-8-4-9-16(22)18(15)20/h2-11,20,24H,1H3. The molecule has 0 aliphatic heterocycles. The molecule has 4 heteroatoms. The molecular weight excluding hydrogens is 353 g/mol. The Morgan fingerprint density at radius 3 is 2.44 bits per heavy atom. The van der Waals surface area contributed by atoms with Gasteiger partial charge in [0.1, 0.15) is 0 Å². The van der Waals surface area contributed by atoms with Gasteiger partial charge in [-0.15, -0.1) is 0 Å². The predicted molar refractivity (Wildman–Crippen MR) is 103 cm³/mol. The number of carbonyl (C=O) groups is 1. The Morgan fingerprint density at radius 2 is 1.64 bits per heavy atom. The Balaban J connectivity index is 1.93. The summed E-state index contributed by atoms with van der Waals surface area (Å²) in [7, 11) is 0. The normalized spacial score (nSPS) is 15.5. The van der Waals surface area contributed by atoms with Crippen LogP contribution in [0, 0.1) is 6.92 Å². The molecule has 0 fully saturated rings. The Bertz CT molecular complexity index is 997. The van der Waals surface area contributed by atoms with Crippen LogP contribution in [-0.4, -0.2) is 5.78 Å². The van der Waals surface area contributed by atoms with Crippen molar-refractivity contribution in [2.24, 2.45) is 0 Å². The van der Waals surface area contributed by atoms with Crippen LogP contribution in [0.15, 0.2) is 60.7 Å². The highest BCUT2D eigenvalue weighted by molar-refractivity contribution is 6.36. The van der Waals surface area contributed by atoms with E-state index in [0.29, 0.717) is 21.2 Å². The lowest BCUT2D eigenvalue weighted by molar-refractivity contribution is 0.103. The van der Waals surface area contributed by atoms with E-state index in [4.69, 9.17) is 23.2 Å². The summed E-state index contributed by atoms with van der Waals surface area (Å²) in [4.78, 5) is 13.0. The van der Waals surface area contributed by atoms with Gasteiger partial charge in [0.05, 0.1) is 11.1 Å². The molecule has 3 aromatic carbocycles. The van der Waals surface area contributed by atoms with E-state index >= 15 is 0 Å². The van der Waals surface area contributed by atoms with Crippen molar-refractivity contribution in [2.45, 2.75) is 13.0 Å². The van der Waals surface area contributed by atoms with Crippen molar-refractivity contribution in [3.05, 3.63) is 98.5 Å². The third-order valence-corrected chi connectivity index (χ3v) is 5.14. The molecule has 1 atom stereocenters. The fourth-order valence-electron chi connectivity index (χ4n) is 3.39. The van der Waals surface area contributed by atoms with E-state index in [1.54, 1.807) is 18.2 Å². The highest BCUT2D eigenvalue weighted by atomic mass is 35.5. The van der Waals surface area contributed by atoms with Crippen molar-refractivity contribution in [2.75, 3.05) is 5.32 Å². The van der Waals surface area contributed by atoms with Gasteiger partial charge in [0.2, 0.25) is 0 Å². The number of nitrogens with one attached hydrogen (secondary N) is 1. The van der Waals surface area contributed by atoms with E-state index in [-0.39, 0.29) is 11.8 Å². The first kappa shape index (κ1) is 16.2. The molecule has 0 saturated carbocycles. The van der Waals surface area contributed by atoms with Crippen LogP contribution in [0.1, 0.15) is 38.7 Å². The van der Waals surface area contributed by atoms with Crippen molar-refractivity contribution in [3.8, 4) is 0 Å². The minimum absolute atomic E-state index is 0.0830. The number of benzene rings is 3. The number of rotatable bonds is 2. The Kier molecular flexibility index (Phi) is 4.03. The highest BCUT2D eigenvalue weighted by Gasteiger charge is 2.34. The number of hydrogen-bond acceptors (Lipinski definition) is 2.